The Labute approximate surface area is 156 Å². The number of ketones is 1. The van der Waals surface area contributed by atoms with Gasteiger partial charge in [0, 0.05) is 25.3 Å². The molecule has 148 valence electrons. The third-order valence-corrected chi connectivity index (χ3v) is 4.75. The number of carbonyl (C=O) groups excluding carboxylic acids is 2. The minimum Gasteiger partial charge on any atom is -0.356 e. The Morgan fingerprint density at radius 1 is 0.680 bits per heavy atom. The SMILES string of the molecule is CC(C)CCCCNC(=O)CCCCCCCCCCC(=O)C(C)C. The van der Waals surface area contributed by atoms with Gasteiger partial charge in [-0.3, -0.25) is 9.59 Å². The average molecular weight is 354 g/mol. The number of Topliss-reactive ketones (excluding diaryl/α,β-unsaturated/α-hetero) is 1. The van der Waals surface area contributed by atoms with Crippen molar-refractivity contribution >= 4 is 11.7 Å². The van der Waals surface area contributed by atoms with E-state index in [-0.39, 0.29) is 11.8 Å². The predicted molar refractivity (Wildman–Crippen MR) is 108 cm³/mol. The normalized spacial score (nSPS) is 11.3. The van der Waals surface area contributed by atoms with Crippen LogP contribution in [-0.4, -0.2) is 18.2 Å². The van der Waals surface area contributed by atoms with Gasteiger partial charge in [-0.05, 0) is 25.2 Å². The maximum atomic E-state index is 11.7. The van der Waals surface area contributed by atoms with Gasteiger partial charge in [0.25, 0.3) is 0 Å². The standard InChI is InChI=1S/C22H43NO2/c1-19(2)15-13-14-18-23-22(25)17-12-10-8-6-5-7-9-11-16-21(24)20(3)4/h19-20H,5-18H2,1-4H3,(H,23,25). The highest BCUT2D eigenvalue weighted by atomic mass is 16.1. The molecule has 0 aliphatic rings. The van der Waals surface area contributed by atoms with E-state index >= 15 is 0 Å². The minimum atomic E-state index is 0.192. The Morgan fingerprint density at radius 2 is 1.20 bits per heavy atom. The van der Waals surface area contributed by atoms with Gasteiger partial charge < -0.3 is 5.32 Å². The summed E-state index contributed by atoms with van der Waals surface area (Å²) >= 11 is 0. The number of rotatable bonds is 17. The van der Waals surface area contributed by atoms with Crippen molar-refractivity contribution in [1.29, 1.82) is 0 Å². The summed E-state index contributed by atoms with van der Waals surface area (Å²) in [5, 5.41) is 3.03. The van der Waals surface area contributed by atoms with Crippen molar-refractivity contribution in [2.75, 3.05) is 6.54 Å². The van der Waals surface area contributed by atoms with Crippen molar-refractivity contribution in [3.05, 3.63) is 0 Å². The largest absolute Gasteiger partial charge is 0.356 e. The second-order valence-electron chi connectivity index (χ2n) is 8.19. The maximum absolute atomic E-state index is 11.7. The van der Waals surface area contributed by atoms with Crippen LogP contribution in [0.5, 0.6) is 0 Å². The molecular formula is C22H43NO2. The van der Waals surface area contributed by atoms with Crippen molar-refractivity contribution in [2.24, 2.45) is 11.8 Å². The highest BCUT2D eigenvalue weighted by Crippen LogP contribution is 2.12. The van der Waals surface area contributed by atoms with E-state index < -0.39 is 0 Å². The van der Waals surface area contributed by atoms with Crippen LogP contribution in [0.2, 0.25) is 0 Å². The van der Waals surface area contributed by atoms with E-state index in [1.807, 2.05) is 13.8 Å². The van der Waals surface area contributed by atoms with Crippen molar-refractivity contribution in [3.8, 4) is 0 Å². The number of amides is 1. The number of nitrogens with one attached hydrogen (secondary N) is 1. The summed E-state index contributed by atoms with van der Waals surface area (Å²) in [6.07, 6.45) is 14.4. The highest BCUT2D eigenvalue weighted by molar-refractivity contribution is 5.80. The second-order valence-corrected chi connectivity index (χ2v) is 8.19. The highest BCUT2D eigenvalue weighted by Gasteiger charge is 2.05. The third kappa shape index (κ3) is 17.7. The third-order valence-electron chi connectivity index (χ3n) is 4.75. The molecule has 0 unspecified atom stereocenters. The van der Waals surface area contributed by atoms with Gasteiger partial charge in [0.1, 0.15) is 5.78 Å². The molecule has 0 bridgehead atoms. The summed E-state index contributed by atoms with van der Waals surface area (Å²) < 4.78 is 0. The van der Waals surface area contributed by atoms with E-state index in [2.05, 4.69) is 19.2 Å². The number of carbonyl (C=O) groups is 2. The first kappa shape index (κ1) is 24.1. The molecule has 0 aliphatic carbocycles. The van der Waals surface area contributed by atoms with Gasteiger partial charge in [-0.15, -0.1) is 0 Å². The quantitative estimate of drug-likeness (QED) is 0.323. The van der Waals surface area contributed by atoms with Crippen LogP contribution in [0.1, 0.15) is 111 Å². The zero-order chi connectivity index (χ0) is 18.9. The maximum Gasteiger partial charge on any atom is 0.219 e. The Kier molecular flexibility index (Phi) is 16.0. The molecule has 1 N–H and O–H groups in total. The first-order valence-electron chi connectivity index (χ1n) is 10.7. The molecule has 0 saturated heterocycles. The van der Waals surface area contributed by atoms with Crippen LogP contribution in [-0.2, 0) is 9.59 Å². The van der Waals surface area contributed by atoms with Crippen LogP contribution < -0.4 is 5.32 Å². The van der Waals surface area contributed by atoms with Gasteiger partial charge in [-0.2, -0.15) is 0 Å². The van der Waals surface area contributed by atoms with Crippen molar-refractivity contribution in [3.63, 3.8) is 0 Å². The van der Waals surface area contributed by atoms with Crippen LogP contribution in [0.3, 0.4) is 0 Å². The van der Waals surface area contributed by atoms with E-state index in [0.717, 1.165) is 44.6 Å². The fourth-order valence-corrected chi connectivity index (χ4v) is 2.93. The summed E-state index contributed by atoms with van der Waals surface area (Å²) in [6.45, 7) is 9.29. The Hall–Kier alpha value is -0.860. The Balaban J connectivity index is 3.24. The molecular weight excluding hydrogens is 310 g/mol. The number of hydrogen-bond donors (Lipinski definition) is 1. The zero-order valence-electron chi connectivity index (χ0n) is 17.4. The predicted octanol–water partition coefficient (Wildman–Crippen LogP) is 6.06. The molecule has 3 heteroatoms. The molecule has 0 saturated carbocycles. The molecule has 0 aliphatic heterocycles. The van der Waals surface area contributed by atoms with E-state index in [1.165, 1.54) is 44.9 Å². The van der Waals surface area contributed by atoms with Gasteiger partial charge in [0.05, 0.1) is 0 Å². The van der Waals surface area contributed by atoms with Gasteiger partial charge >= 0.3 is 0 Å². The molecule has 0 radical (unpaired) electrons. The Morgan fingerprint density at radius 3 is 1.72 bits per heavy atom. The molecule has 0 rings (SSSR count). The first-order valence-corrected chi connectivity index (χ1v) is 10.7. The van der Waals surface area contributed by atoms with Crippen LogP contribution in [0.4, 0.5) is 0 Å². The molecule has 1 amide bonds. The summed E-state index contributed by atoms with van der Waals surface area (Å²) in [4.78, 5) is 23.2. The van der Waals surface area contributed by atoms with E-state index in [1.54, 1.807) is 0 Å². The van der Waals surface area contributed by atoms with E-state index in [4.69, 9.17) is 0 Å². The number of unbranched alkanes of at least 4 members (excludes halogenated alkanes) is 8. The monoisotopic (exact) mass is 353 g/mol. The lowest BCUT2D eigenvalue weighted by Crippen LogP contribution is -2.24. The molecule has 0 spiro atoms. The molecule has 0 fully saturated rings. The zero-order valence-corrected chi connectivity index (χ0v) is 17.4. The lowest BCUT2D eigenvalue weighted by molar-refractivity contribution is -0.122. The summed E-state index contributed by atoms with van der Waals surface area (Å²) in [7, 11) is 0. The first-order chi connectivity index (χ1) is 11.9. The van der Waals surface area contributed by atoms with Crippen LogP contribution in [0.25, 0.3) is 0 Å². The van der Waals surface area contributed by atoms with E-state index in [0.29, 0.717) is 12.2 Å². The fourth-order valence-electron chi connectivity index (χ4n) is 2.93. The molecule has 0 aromatic heterocycles. The molecule has 0 aromatic rings. The molecule has 25 heavy (non-hydrogen) atoms. The smallest absolute Gasteiger partial charge is 0.219 e. The van der Waals surface area contributed by atoms with Gasteiger partial charge in [-0.1, -0.05) is 79.1 Å². The van der Waals surface area contributed by atoms with Crippen LogP contribution in [0.15, 0.2) is 0 Å². The van der Waals surface area contributed by atoms with Gasteiger partial charge in [0.15, 0.2) is 0 Å². The average Bonchev–Trinajstić information content (AvgIpc) is 2.55. The number of hydrogen-bond acceptors (Lipinski definition) is 2. The molecule has 0 heterocycles. The molecule has 0 aromatic carbocycles. The van der Waals surface area contributed by atoms with Crippen LogP contribution >= 0.6 is 0 Å². The lowest BCUT2D eigenvalue weighted by Gasteiger charge is -2.07. The van der Waals surface area contributed by atoms with Crippen molar-refractivity contribution in [2.45, 2.75) is 111 Å². The fraction of sp³-hybridized carbons (Fsp3) is 0.909. The minimum absolute atomic E-state index is 0.192. The molecule has 3 nitrogen and oxygen atoms in total. The van der Waals surface area contributed by atoms with Crippen molar-refractivity contribution in [1.82, 2.24) is 5.32 Å². The van der Waals surface area contributed by atoms with Gasteiger partial charge in [-0.25, -0.2) is 0 Å². The van der Waals surface area contributed by atoms with E-state index in [9.17, 15) is 9.59 Å². The topological polar surface area (TPSA) is 46.2 Å². The Bertz CT molecular complexity index is 337. The van der Waals surface area contributed by atoms with Crippen molar-refractivity contribution < 1.29 is 9.59 Å². The van der Waals surface area contributed by atoms with Gasteiger partial charge in [0.2, 0.25) is 5.91 Å². The summed E-state index contributed by atoms with van der Waals surface area (Å²) in [5.74, 6) is 1.58. The summed E-state index contributed by atoms with van der Waals surface area (Å²) in [5.41, 5.74) is 0. The van der Waals surface area contributed by atoms with Crippen LogP contribution in [0, 0.1) is 11.8 Å². The molecule has 0 atom stereocenters. The summed E-state index contributed by atoms with van der Waals surface area (Å²) in [6, 6.07) is 0. The lowest BCUT2D eigenvalue weighted by atomic mass is 10.0. The second kappa shape index (κ2) is 16.6.